The van der Waals surface area contributed by atoms with Crippen LogP contribution in [0.25, 0.3) is 0 Å². The Morgan fingerprint density at radius 2 is 2.29 bits per heavy atom. The van der Waals surface area contributed by atoms with Gasteiger partial charge in [-0.15, -0.1) is 0 Å². The Bertz CT molecular complexity index is 433. The summed E-state index contributed by atoms with van der Waals surface area (Å²) in [5.41, 5.74) is 2.00. The van der Waals surface area contributed by atoms with Gasteiger partial charge in [0.15, 0.2) is 0 Å². The SMILES string of the molecule is Cc1cccc(C(=O)N2CCNC(C)C2)c1I. The molecule has 92 valence electrons. The minimum Gasteiger partial charge on any atom is -0.336 e. The van der Waals surface area contributed by atoms with Gasteiger partial charge in [-0.3, -0.25) is 4.79 Å². The van der Waals surface area contributed by atoms with Crippen molar-refractivity contribution < 1.29 is 4.79 Å². The predicted molar refractivity (Wildman–Crippen MR) is 77.3 cm³/mol. The molecule has 1 aromatic rings. The summed E-state index contributed by atoms with van der Waals surface area (Å²) in [6.07, 6.45) is 0. The van der Waals surface area contributed by atoms with Gasteiger partial charge in [-0.05, 0) is 48.1 Å². The Balaban J connectivity index is 2.22. The average Bonchev–Trinajstić information content (AvgIpc) is 2.32. The summed E-state index contributed by atoms with van der Waals surface area (Å²) in [4.78, 5) is 14.4. The Kier molecular flexibility index (Phi) is 4.04. The number of amides is 1. The average molecular weight is 344 g/mol. The Hall–Kier alpha value is -0.620. The van der Waals surface area contributed by atoms with Crippen molar-refractivity contribution in [1.82, 2.24) is 10.2 Å². The maximum absolute atomic E-state index is 12.4. The van der Waals surface area contributed by atoms with Gasteiger partial charge in [0.2, 0.25) is 0 Å². The van der Waals surface area contributed by atoms with Crippen LogP contribution in [0.1, 0.15) is 22.8 Å². The molecule has 0 bridgehead atoms. The lowest BCUT2D eigenvalue weighted by atomic mass is 10.1. The molecule has 0 aliphatic carbocycles. The third kappa shape index (κ3) is 2.80. The molecule has 0 spiro atoms. The van der Waals surface area contributed by atoms with Gasteiger partial charge < -0.3 is 10.2 Å². The van der Waals surface area contributed by atoms with Crippen molar-refractivity contribution >= 4 is 28.5 Å². The molecular weight excluding hydrogens is 327 g/mol. The van der Waals surface area contributed by atoms with Crippen LogP contribution in [0.2, 0.25) is 0 Å². The quantitative estimate of drug-likeness (QED) is 0.791. The van der Waals surface area contributed by atoms with Crippen molar-refractivity contribution in [3.63, 3.8) is 0 Å². The zero-order valence-corrected chi connectivity index (χ0v) is 12.3. The maximum Gasteiger partial charge on any atom is 0.255 e. The second kappa shape index (κ2) is 5.35. The minimum absolute atomic E-state index is 0.159. The molecule has 1 aliphatic heterocycles. The number of nitrogens with one attached hydrogen (secondary N) is 1. The lowest BCUT2D eigenvalue weighted by molar-refractivity contribution is 0.0708. The summed E-state index contributed by atoms with van der Waals surface area (Å²) in [6.45, 7) is 6.63. The highest BCUT2D eigenvalue weighted by atomic mass is 127. The molecule has 1 amide bonds. The molecule has 1 aliphatic rings. The molecule has 1 saturated heterocycles. The number of hydrogen-bond donors (Lipinski definition) is 1. The number of hydrogen-bond acceptors (Lipinski definition) is 2. The van der Waals surface area contributed by atoms with Crippen molar-refractivity contribution in [2.45, 2.75) is 19.9 Å². The number of benzene rings is 1. The highest BCUT2D eigenvalue weighted by Gasteiger charge is 2.23. The molecule has 1 N–H and O–H groups in total. The van der Waals surface area contributed by atoms with Gasteiger partial charge in [0.05, 0.1) is 5.56 Å². The second-order valence-corrected chi connectivity index (χ2v) is 5.62. The van der Waals surface area contributed by atoms with Gasteiger partial charge in [0.25, 0.3) is 5.91 Å². The van der Waals surface area contributed by atoms with Crippen LogP contribution in [0, 0.1) is 10.5 Å². The van der Waals surface area contributed by atoms with Gasteiger partial charge in [0, 0.05) is 29.2 Å². The molecule has 1 atom stereocenters. The summed E-state index contributed by atoms with van der Waals surface area (Å²) in [5, 5.41) is 3.35. The molecule has 17 heavy (non-hydrogen) atoms. The van der Waals surface area contributed by atoms with Crippen LogP contribution < -0.4 is 5.32 Å². The fourth-order valence-corrected chi connectivity index (χ4v) is 2.69. The van der Waals surface area contributed by atoms with E-state index in [1.54, 1.807) is 0 Å². The highest BCUT2D eigenvalue weighted by molar-refractivity contribution is 14.1. The first-order chi connectivity index (χ1) is 8.09. The molecule has 1 fully saturated rings. The normalized spacial score (nSPS) is 20.4. The van der Waals surface area contributed by atoms with Crippen LogP contribution in [0.3, 0.4) is 0 Å². The first-order valence-electron chi connectivity index (χ1n) is 5.87. The number of piperazine rings is 1. The fraction of sp³-hybridized carbons (Fsp3) is 0.462. The molecule has 2 rings (SSSR count). The lowest BCUT2D eigenvalue weighted by Crippen LogP contribution is -2.51. The molecule has 0 radical (unpaired) electrons. The molecule has 0 saturated carbocycles. The maximum atomic E-state index is 12.4. The summed E-state index contributed by atoms with van der Waals surface area (Å²) in [5.74, 6) is 0.159. The molecule has 1 unspecified atom stereocenters. The number of nitrogens with zero attached hydrogens (tertiary/aromatic N) is 1. The number of aryl methyl sites for hydroxylation is 1. The molecule has 0 aromatic heterocycles. The van der Waals surface area contributed by atoms with E-state index >= 15 is 0 Å². The predicted octanol–water partition coefficient (Wildman–Crippen LogP) is 2.03. The fourth-order valence-electron chi connectivity index (χ4n) is 2.10. The first-order valence-corrected chi connectivity index (χ1v) is 6.95. The van der Waals surface area contributed by atoms with Crippen molar-refractivity contribution in [3.05, 3.63) is 32.9 Å². The summed E-state index contributed by atoms with van der Waals surface area (Å²) >= 11 is 2.26. The van der Waals surface area contributed by atoms with Crippen molar-refractivity contribution in [1.29, 1.82) is 0 Å². The van der Waals surface area contributed by atoms with Gasteiger partial charge in [-0.25, -0.2) is 0 Å². The lowest BCUT2D eigenvalue weighted by Gasteiger charge is -2.32. The standard InChI is InChI=1S/C13H17IN2O/c1-9-4-3-5-11(12(9)14)13(17)16-7-6-15-10(2)8-16/h3-5,10,15H,6-8H2,1-2H3. The Morgan fingerprint density at radius 1 is 1.53 bits per heavy atom. The zero-order chi connectivity index (χ0) is 12.4. The molecule has 4 heteroatoms. The van der Waals surface area contributed by atoms with Crippen molar-refractivity contribution in [2.75, 3.05) is 19.6 Å². The number of carbonyl (C=O) groups is 1. The summed E-state index contributed by atoms with van der Waals surface area (Å²) in [6, 6.07) is 6.30. The van der Waals surface area contributed by atoms with Crippen molar-refractivity contribution in [2.24, 2.45) is 0 Å². The Morgan fingerprint density at radius 3 is 3.00 bits per heavy atom. The van der Waals surface area contributed by atoms with E-state index < -0.39 is 0 Å². The smallest absolute Gasteiger partial charge is 0.255 e. The van der Waals surface area contributed by atoms with E-state index in [1.165, 1.54) is 5.56 Å². The van der Waals surface area contributed by atoms with E-state index in [0.717, 1.165) is 28.8 Å². The van der Waals surface area contributed by atoms with Crippen LogP contribution >= 0.6 is 22.6 Å². The van der Waals surface area contributed by atoms with E-state index in [4.69, 9.17) is 0 Å². The van der Waals surface area contributed by atoms with Crippen LogP contribution in [0.4, 0.5) is 0 Å². The van der Waals surface area contributed by atoms with Crippen LogP contribution in [-0.2, 0) is 0 Å². The third-order valence-electron chi connectivity index (χ3n) is 3.08. The highest BCUT2D eigenvalue weighted by Crippen LogP contribution is 2.19. The van der Waals surface area contributed by atoms with E-state index in [2.05, 4.69) is 34.8 Å². The summed E-state index contributed by atoms with van der Waals surface area (Å²) in [7, 11) is 0. The van der Waals surface area contributed by atoms with E-state index in [0.29, 0.717) is 6.04 Å². The topological polar surface area (TPSA) is 32.3 Å². The van der Waals surface area contributed by atoms with Crippen LogP contribution in [0.15, 0.2) is 18.2 Å². The van der Waals surface area contributed by atoms with E-state index in [1.807, 2.05) is 30.0 Å². The second-order valence-electron chi connectivity index (χ2n) is 4.54. The monoisotopic (exact) mass is 344 g/mol. The van der Waals surface area contributed by atoms with Gasteiger partial charge in [0.1, 0.15) is 0 Å². The molecular formula is C13H17IN2O. The number of halogens is 1. The van der Waals surface area contributed by atoms with Crippen LogP contribution in [-0.4, -0.2) is 36.5 Å². The molecule has 1 heterocycles. The zero-order valence-electron chi connectivity index (χ0n) is 10.2. The van der Waals surface area contributed by atoms with Crippen molar-refractivity contribution in [3.8, 4) is 0 Å². The Labute approximate surface area is 116 Å². The number of rotatable bonds is 1. The summed E-state index contributed by atoms with van der Waals surface area (Å²) < 4.78 is 1.07. The molecule has 3 nitrogen and oxygen atoms in total. The minimum atomic E-state index is 0.159. The third-order valence-corrected chi connectivity index (χ3v) is 4.51. The van der Waals surface area contributed by atoms with Crippen LogP contribution in [0.5, 0.6) is 0 Å². The molecule has 1 aromatic carbocycles. The van der Waals surface area contributed by atoms with Gasteiger partial charge >= 0.3 is 0 Å². The van der Waals surface area contributed by atoms with Gasteiger partial charge in [-0.2, -0.15) is 0 Å². The largest absolute Gasteiger partial charge is 0.336 e. The number of carbonyl (C=O) groups excluding carboxylic acids is 1. The van der Waals surface area contributed by atoms with E-state index in [-0.39, 0.29) is 5.91 Å². The van der Waals surface area contributed by atoms with E-state index in [9.17, 15) is 4.79 Å². The first kappa shape index (κ1) is 12.8. The van der Waals surface area contributed by atoms with Gasteiger partial charge in [-0.1, -0.05) is 12.1 Å².